The first-order valence-electron chi connectivity index (χ1n) is 8.71. The molecule has 27 heavy (non-hydrogen) atoms. The zero-order valence-electron chi connectivity index (χ0n) is 14.9. The fraction of sp³-hybridized carbons (Fsp3) is 0.200. The van der Waals surface area contributed by atoms with Gasteiger partial charge in [0.2, 0.25) is 11.0 Å². The summed E-state index contributed by atoms with van der Waals surface area (Å²) in [5.74, 6) is -0.355. The molecule has 0 atom stereocenters. The third-order valence-electron chi connectivity index (χ3n) is 3.79. The van der Waals surface area contributed by atoms with Gasteiger partial charge in [0.05, 0.1) is 6.42 Å². The Bertz CT molecular complexity index is 907. The molecular formula is C20H20N4O2S. The van der Waals surface area contributed by atoms with Crippen molar-refractivity contribution in [3.8, 4) is 0 Å². The lowest BCUT2D eigenvalue weighted by molar-refractivity contribution is -0.115. The lowest BCUT2D eigenvalue weighted by atomic mass is 10.1. The van der Waals surface area contributed by atoms with Gasteiger partial charge in [0.1, 0.15) is 5.01 Å². The van der Waals surface area contributed by atoms with E-state index >= 15 is 0 Å². The van der Waals surface area contributed by atoms with Gasteiger partial charge < -0.3 is 5.32 Å². The SMILES string of the molecule is CCCc1nnc(NC(=O)c2ccc(NC(=O)Cc3ccccc3)cc2)s1. The Morgan fingerprint density at radius 2 is 1.70 bits per heavy atom. The number of carbonyl (C=O) groups excluding carboxylic acids is 2. The van der Waals surface area contributed by atoms with E-state index in [1.165, 1.54) is 11.3 Å². The number of benzene rings is 2. The van der Waals surface area contributed by atoms with Crippen LogP contribution in [0.3, 0.4) is 0 Å². The number of aryl methyl sites for hydroxylation is 1. The molecule has 0 unspecified atom stereocenters. The third-order valence-corrected chi connectivity index (χ3v) is 4.69. The smallest absolute Gasteiger partial charge is 0.257 e. The van der Waals surface area contributed by atoms with Gasteiger partial charge in [-0.1, -0.05) is 48.6 Å². The normalized spacial score (nSPS) is 10.4. The van der Waals surface area contributed by atoms with E-state index in [0.717, 1.165) is 23.4 Å². The lowest BCUT2D eigenvalue weighted by Crippen LogP contribution is -2.15. The molecule has 2 aromatic carbocycles. The monoisotopic (exact) mass is 380 g/mol. The predicted molar refractivity (Wildman–Crippen MR) is 107 cm³/mol. The molecular weight excluding hydrogens is 360 g/mol. The second-order valence-electron chi connectivity index (χ2n) is 5.99. The topological polar surface area (TPSA) is 84.0 Å². The maximum Gasteiger partial charge on any atom is 0.257 e. The standard InChI is InChI=1S/C20H20N4O2S/c1-2-6-18-23-24-20(27-18)22-19(26)15-9-11-16(12-10-15)21-17(25)13-14-7-4-3-5-8-14/h3-5,7-12H,2,6,13H2,1H3,(H,21,25)(H,22,24,26). The van der Waals surface area contributed by atoms with Gasteiger partial charge in [0.15, 0.2) is 0 Å². The molecule has 0 aliphatic carbocycles. The Hall–Kier alpha value is -3.06. The molecule has 0 bridgehead atoms. The van der Waals surface area contributed by atoms with Crippen LogP contribution >= 0.6 is 11.3 Å². The molecule has 2 N–H and O–H groups in total. The number of aromatic nitrogens is 2. The molecule has 6 nitrogen and oxygen atoms in total. The summed E-state index contributed by atoms with van der Waals surface area (Å²) < 4.78 is 0. The van der Waals surface area contributed by atoms with Crippen LogP contribution in [0.1, 0.15) is 34.3 Å². The quantitative estimate of drug-likeness (QED) is 0.651. The van der Waals surface area contributed by atoms with Crippen LogP contribution in [-0.2, 0) is 17.6 Å². The minimum atomic E-state index is -0.253. The van der Waals surface area contributed by atoms with Gasteiger partial charge in [-0.3, -0.25) is 14.9 Å². The molecule has 0 aliphatic rings. The Morgan fingerprint density at radius 1 is 0.963 bits per heavy atom. The van der Waals surface area contributed by atoms with Crippen LogP contribution in [0.4, 0.5) is 10.8 Å². The number of nitrogens with one attached hydrogen (secondary N) is 2. The van der Waals surface area contributed by atoms with Crippen molar-refractivity contribution in [3.63, 3.8) is 0 Å². The largest absolute Gasteiger partial charge is 0.326 e. The van der Waals surface area contributed by atoms with Crippen molar-refractivity contribution in [1.82, 2.24) is 10.2 Å². The van der Waals surface area contributed by atoms with Crippen LogP contribution in [0.25, 0.3) is 0 Å². The van der Waals surface area contributed by atoms with Gasteiger partial charge >= 0.3 is 0 Å². The highest BCUT2D eigenvalue weighted by atomic mass is 32.1. The number of carbonyl (C=O) groups is 2. The summed E-state index contributed by atoms with van der Waals surface area (Å²) in [5.41, 5.74) is 2.09. The predicted octanol–water partition coefficient (Wildman–Crippen LogP) is 3.92. The van der Waals surface area contributed by atoms with E-state index in [2.05, 4.69) is 27.8 Å². The summed E-state index contributed by atoms with van der Waals surface area (Å²) in [6.45, 7) is 2.07. The first kappa shape index (κ1) is 18.7. The number of rotatable bonds is 7. The van der Waals surface area contributed by atoms with Crippen molar-refractivity contribution < 1.29 is 9.59 Å². The summed E-state index contributed by atoms with van der Waals surface area (Å²) in [7, 11) is 0. The van der Waals surface area contributed by atoms with Crippen molar-refractivity contribution in [1.29, 1.82) is 0 Å². The van der Waals surface area contributed by atoms with Gasteiger partial charge in [0, 0.05) is 17.7 Å². The van der Waals surface area contributed by atoms with Gasteiger partial charge in [-0.05, 0) is 36.2 Å². The van der Waals surface area contributed by atoms with Crippen LogP contribution in [0.15, 0.2) is 54.6 Å². The van der Waals surface area contributed by atoms with Crippen molar-refractivity contribution in [2.24, 2.45) is 0 Å². The fourth-order valence-corrected chi connectivity index (χ4v) is 3.32. The van der Waals surface area contributed by atoms with E-state index in [0.29, 0.717) is 22.8 Å². The van der Waals surface area contributed by atoms with E-state index in [1.807, 2.05) is 30.3 Å². The van der Waals surface area contributed by atoms with E-state index in [-0.39, 0.29) is 11.8 Å². The summed E-state index contributed by atoms with van der Waals surface area (Å²) >= 11 is 1.38. The van der Waals surface area contributed by atoms with Crippen LogP contribution in [-0.4, -0.2) is 22.0 Å². The molecule has 7 heteroatoms. The summed E-state index contributed by atoms with van der Waals surface area (Å²) in [5, 5.41) is 15.0. The Morgan fingerprint density at radius 3 is 2.41 bits per heavy atom. The zero-order valence-corrected chi connectivity index (χ0v) is 15.8. The fourth-order valence-electron chi connectivity index (χ4n) is 2.48. The second kappa shape index (κ2) is 9.05. The average molecular weight is 380 g/mol. The van der Waals surface area contributed by atoms with Crippen LogP contribution in [0.5, 0.6) is 0 Å². The summed E-state index contributed by atoms with van der Waals surface area (Å²) in [6.07, 6.45) is 2.14. The van der Waals surface area contributed by atoms with Crippen LogP contribution < -0.4 is 10.6 Å². The number of nitrogens with zero attached hydrogens (tertiary/aromatic N) is 2. The van der Waals surface area contributed by atoms with Gasteiger partial charge in [-0.2, -0.15) is 0 Å². The molecule has 1 aromatic heterocycles. The molecule has 3 aromatic rings. The van der Waals surface area contributed by atoms with E-state index in [1.54, 1.807) is 24.3 Å². The van der Waals surface area contributed by atoms with Crippen LogP contribution in [0.2, 0.25) is 0 Å². The molecule has 0 saturated heterocycles. The maximum absolute atomic E-state index is 12.3. The minimum Gasteiger partial charge on any atom is -0.326 e. The maximum atomic E-state index is 12.3. The van der Waals surface area contributed by atoms with Crippen molar-refractivity contribution >= 4 is 34.0 Å². The number of hydrogen-bond donors (Lipinski definition) is 2. The zero-order chi connectivity index (χ0) is 19.1. The minimum absolute atomic E-state index is 0.101. The Labute approximate surface area is 161 Å². The molecule has 3 rings (SSSR count). The average Bonchev–Trinajstić information content (AvgIpc) is 3.10. The van der Waals surface area contributed by atoms with Crippen LogP contribution in [0, 0.1) is 0 Å². The molecule has 2 amide bonds. The highest BCUT2D eigenvalue weighted by molar-refractivity contribution is 7.15. The third kappa shape index (κ3) is 5.46. The second-order valence-corrected chi connectivity index (χ2v) is 7.06. The number of hydrogen-bond acceptors (Lipinski definition) is 5. The highest BCUT2D eigenvalue weighted by Gasteiger charge is 2.11. The summed E-state index contributed by atoms with van der Waals surface area (Å²) in [4.78, 5) is 24.4. The van der Waals surface area contributed by atoms with Crippen molar-refractivity contribution in [3.05, 3.63) is 70.7 Å². The van der Waals surface area contributed by atoms with E-state index in [4.69, 9.17) is 0 Å². The first-order chi connectivity index (χ1) is 13.1. The molecule has 0 spiro atoms. The van der Waals surface area contributed by atoms with Gasteiger partial charge in [-0.15, -0.1) is 10.2 Å². The molecule has 1 heterocycles. The van der Waals surface area contributed by atoms with E-state index in [9.17, 15) is 9.59 Å². The molecule has 0 aliphatic heterocycles. The number of anilines is 2. The molecule has 0 saturated carbocycles. The highest BCUT2D eigenvalue weighted by Crippen LogP contribution is 2.18. The Kier molecular flexibility index (Phi) is 6.27. The van der Waals surface area contributed by atoms with Crippen molar-refractivity contribution in [2.75, 3.05) is 10.6 Å². The van der Waals surface area contributed by atoms with Gasteiger partial charge in [0.25, 0.3) is 5.91 Å². The Balaban J connectivity index is 1.55. The number of amides is 2. The molecule has 138 valence electrons. The lowest BCUT2D eigenvalue weighted by Gasteiger charge is -2.07. The van der Waals surface area contributed by atoms with Crippen molar-refractivity contribution in [2.45, 2.75) is 26.2 Å². The molecule has 0 fully saturated rings. The van der Waals surface area contributed by atoms with E-state index < -0.39 is 0 Å². The van der Waals surface area contributed by atoms with Gasteiger partial charge in [-0.25, -0.2) is 0 Å². The molecule has 0 radical (unpaired) electrons. The summed E-state index contributed by atoms with van der Waals surface area (Å²) in [6, 6.07) is 16.3. The first-order valence-corrected chi connectivity index (χ1v) is 9.53.